The minimum Gasteiger partial charge on any atom is -0.460 e. The summed E-state index contributed by atoms with van der Waals surface area (Å²) in [6.45, 7) is 6.75. The van der Waals surface area contributed by atoms with E-state index >= 15 is 0 Å². The highest BCUT2D eigenvalue weighted by Gasteiger charge is 2.39. The van der Waals surface area contributed by atoms with Crippen LogP contribution in [-0.4, -0.2) is 103 Å². The average Bonchev–Trinajstić information content (AvgIpc) is 3.94. The number of rotatable bonds is 8. The second-order valence-corrected chi connectivity index (χ2v) is 14.1. The van der Waals surface area contributed by atoms with E-state index in [1.807, 2.05) is 32.2 Å². The molecule has 2 aliphatic heterocycles. The Balaban J connectivity index is 1.29. The number of carbonyl (C=O) groups is 4. The molecule has 5 heterocycles. The van der Waals surface area contributed by atoms with Gasteiger partial charge in [-0.25, -0.2) is 14.2 Å². The molecule has 1 saturated heterocycles. The smallest absolute Gasteiger partial charge is 0.329 e. The van der Waals surface area contributed by atoms with Gasteiger partial charge in [0.15, 0.2) is 11.6 Å². The average molecular weight is 761 g/mol. The van der Waals surface area contributed by atoms with Gasteiger partial charge in [-0.3, -0.25) is 24.0 Å². The molecular weight excluding hydrogens is 711 g/mol. The van der Waals surface area contributed by atoms with E-state index in [0.29, 0.717) is 43.6 Å². The lowest BCUT2D eigenvalue weighted by Crippen LogP contribution is -2.44. The zero-order valence-electron chi connectivity index (χ0n) is 31.3. The molecule has 0 spiro atoms. The number of allylic oxidation sites excluding steroid dienone is 2. The van der Waals surface area contributed by atoms with Crippen LogP contribution in [0.5, 0.6) is 0 Å². The summed E-state index contributed by atoms with van der Waals surface area (Å²) in [5, 5.41) is 24.4. The summed E-state index contributed by atoms with van der Waals surface area (Å²) in [5.41, 5.74) is 2.21. The summed E-state index contributed by atoms with van der Waals surface area (Å²) in [6.07, 6.45) is 11.6. The largest absolute Gasteiger partial charge is 0.460 e. The van der Waals surface area contributed by atoms with Gasteiger partial charge < -0.3 is 29.8 Å². The number of esters is 1. The van der Waals surface area contributed by atoms with Crippen LogP contribution in [-0.2, 0) is 32.1 Å². The SMILES string of the molecule is CC1=C\C(O)CC(F)Cc2nc(co2)C(=O)N2CCCC2C(=O)OC(C(C)C)C(CC(=O)NCCCn2cc(-c3ccncc3)nn2)/C=C/C(=O)NC\C=C\1. The number of aryl methyl sites for hydroxylation is 1. The monoisotopic (exact) mass is 760 g/mol. The Morgan fingerprint density at radius 2 is 1.96 bits per heavy atom. The number of nitrogens with zero attached hydrogens (tertiary/aromatic N) is 6. The number of alkyl halides is 1. The standard InChI is InChI=1S/C39H49FN8O7/c1-25(2)37-28(20-35(51)43-14-6-17-47-23-31(45-46-47)27-11-15-41-16-12-27)9-10-34(50)42-13-4-7-26(3)19-30(49)21-29(40)22-36-44-32(24-54-36)38(52)48-18-5-8-33(48)39(53)55-37/h4,7,9-12,15-16,19,23-25,28-30,33,37,49H,5-6,8,13-14,17-18,20-22H2,1-3H3,(H,42,50)(H,43,51)/b7-4+,10-9+,26-19+. The van der Waals surface area contributed by atoms with Crippen LogP contribution >= 0.6 is 0 Å². The Morgan fingerprint density at radius 1 is 1.16 bits per heavy atom. The van der Waals surface area contributed by atoms with Crippen LogP contribution in [0.2, 0.25) is 0 Å². The van der Waals surface area contributed by atoms with Gasteiger partial charge in [-0.15, -0.1) is 5.10 Å². The summed E-state index contributed by atoms with van der Waals surface area (Å²) >= 11 is 0. The number of ether oxygens (including phenoxy) is 1. The second kappa shape index (κ2) is 19.7. The minimum atomic E-state index is -1.50. The van der Waals surface area contributed by atoms with Crippen molar-refractivity contribution in [2.75, 3.05) is 19.6 Å². The van der Waals surface area contributed by atoms with Gasteiger partial charge in [0, 0.05) is 62.9 Å². The molecule has 0 aromatic carbocycles. The lowest BCUT2D eigenvalue weighted by Gasteiger charge is -2.31. The Morgan fingerprint density at radius 3 is 2.75 bits per heavy atom. The van der Waals surface area contributed by atoms with E-state index in [1.54, 1.807) is 42.2 Å². The molecule has 3 aromatic rings. The Kier molecular flexibility index (Phi) is 14.6. The van der Waals surface area contributed by atoms with Crippen LogP contribution in [0.25, 0.3) is 11.3 Å². The summed E-state index contributed by atoms with van der Waals surface area (Å²) in [7, 11) is 0. The molecule has 294 valence electrons. The molecule has 5 atom stereocenters. The van der Waals surface area contributed by atoms with Gasteiger partial charge in [-0.2, -0.15) is 0 Å². The first-order valence-electron chi connectivity index (χ1n) is 18.6. The number of aliphatic hydroxyl groups is 1. The molecule has 55 heavy (non-hydrogen) atoms. The summed E-state index contributed by atoms with van der Waals surface area (Å²) < 4.78 is 28.0. The van der Waals surface area contributed by atoms with Crippen LogP contribution in [0, 0.1) is 11.8 Å². The van der Waals surface area contributed by atoms with E-state index in [0.717, 1.165) is 11.8 Å². The number of cyclic esters (lactones) is 1. The molecule has 3 amide bonds. The van der Waals surface area contributed by atoms with Crippen molar-refractivity contribution >= 4 is 23.7 Å². The molecule has 3 N–H and O–H groups in total. The molecule has 0 aliphatic carbocycles. The second-order valence-electron chi connectivity index (χ2n) is 14.1. The van der Waals surface area contributed by atoms with Gasteiger partial charge in [0.05, 0.1) is 18.7 Å². The molecule has 16 heteroatoms. The van der Waals surface area contributed by atoms with Gasteiger partial charge in [0.25, 0.3) is 5.91 Å². The van der Waals surface area contributed by atoms with E-state index in [1.165, 1.54) is 17.1 Å². The predicted molar refractivity (Wildman–Crippen MR) is 199 cm³/mol. The maximum absolute atomic E-state index is 14.8. The molecule has 5 unspecified atom stereocenters. The maximum Gasteiger partial charge on any atom is 0.329 e. The number of halogens is 1. The first kappa shape index (κ1) is 40.7. The number of amides is 3. The van der Waals surface area contributed by atoms with Gasteiger partial charge in [-0.1, -0.05) is 48.9 Å². The van der Waals surface area contributed by atoms with Crippen LogP contribution in [0.4, 0.5) is 4.39 Å². The quantitative estimate of drug-likeness (QED) is 0.225. The van der Waals surface area contributed by atoms with Gasteiger partial charge in [0.2, 0.25) is 11.8 Å². The number of oxazole rings is 1. The molecule has 0 saturated carbocycles. The third-order valence-electron chi connectivity index (χ3n) is 9.33. The van der Waals surface area contributed by atoms with Crippen LogP contribution in [0.1, 0.15) is 69.3 Å². The van der Waals surface area contributed by atoms with Crippen molar-refractivity contribution in [3.05, 3.63) is 84.5 Å². The molecule has 5 rings (SSSR count). The van der Waals surface area contributed by atoms with Crippen molar-refractivity contribution in [2.45, 2.75) is 90.3 Å². The topological polar surface area (TPSA) is 195 Å². The van der Waals surface area contributed by atoms with Crippen molar-refractivity contribution in [3.63, 3.8) is 0 Å². The number of hydrogen-bond acceptors (Lipinski definition) is 11. The minimum absolute atomic E-state index is 0.00238. The van der Waals surface area contributed by atoms with E-state index in [-0.39, 0.29) is 55.8 Å². The van der Waals surface area contributed by atoms with E-state index in [9.17, 15) is 28.7 Å². The fraction of sp³-hybridized carbons (Fsp3) is 0.487. The number of pyridine rings is 1. The first-order valence-corrected chi connectivity index (χ1v) is 18.6. The molecule has 1 fully saturated rings. The number of hydrogen-bond donors (Lipinski definition) is 3. The van der Waals surface area contributed by atoms with Crippen molar-refractivity contribution in [1.82, 2.24) is 40.5 Å². The summed E-state index contributed by atoms with van der Waals surface area (Å²) in [5.74, 6) is -2.88. The van der Waals surface area contributed by atoms with Crippen molar-refractivity contribution in [2.24, 2.45) is 11.8 Å². The van der Waals surface area contributed by atoms with Crippen LogP contribution in [0.15, 0.2) is 77.4 Å². The fourth-order valence-electron chi connectivity index (χ4n) is 6.58. The first-order chi connectivity index (χ1) is 26.5. The molecule has 2 aliphatic rings. The highest BCUT2D eigenvalue weighted by molar-refractivity contribution is 5.95. The maximum atomic E-state index is 14.8. The zero-order valence-corrected chi connectivity index (χ0v) is 31.3. The summed E-state index contributed by atoms with van der Waals surface area (Å²) in [6, 6.07) is 2.77. The Bertz CT molecular complexity index is 1860. The third kappa shape index (κ3) is 12.0. The van der Waals surface area contributed by atoms with Crippen LogP contribution < -0.4 is 10.6 Å². The van der Waals surface area contributed by atoms with Crippen LogP contribution in [0.3, 0.4) is 0 Å². The van der Waals surface area contributed by atoms with Gasteiger partial charge in [0.1, 0.15) is 30.3 Å². The molecular formula is C39H49FN8O7. The molecule has 0 radical (unpaired) electrons. The number of carbonyl (C=O) groups excluding carboxylic acids is 4. The lowest BCUT2D eigenvalue weighted by molar-refractivity contribution is -0.159. The van der Waals surface area contributed by atoms with Crippen molar-refractivity contribution in [3.8, 4) is 11.3 Å². The summed E-state index contributed by atoms with van der Waals surface area (Å²) in [4.78, 5) is 63.0. The zero-order chi connectivity index (χ0) is 39.3. The van der Waals surface area contributed by atoms with Gasteiger partial charge >= 0.3 is 5.97 Å². The fourth-order valence-corrected chi connectivity index (χ4v) is 6.58. The highest BCUT2D eigenvalue weighted by atomic mass is 19.1. The molecule has 3 aromatic heterocycles. The van der Waals surface area contributed by atoms with Crippen molar-refractivity contribution in [1.29, 1.82) is 0 Å². The van der Waals surface area contributed by atoms with Gasteiger partial charge in [-0.05, 0) is 50.3 Å². The van der Waals surface area contributed by atoms with E-state index in [2.05, 4.69) is 30.9 Å². The number of nitrogens with one attached hydrogen (secondary N) is 2. The van der Waals surface area contributed by atoms with E-state index in [4.69, 9.17) is 9.15 Å². The third-order valence-corrected chi connectivity index (χ3v) is 9.33. The molecule has 15 nitrogen and oxygen atoms in total. The Labute approximate surface area is 319 Å². The highest BCUT2D eigenvalue weighted by Crippen LogP contribution is 2.27. The number of aliphatic hydroxyl groups excluding tert-OH is 1. The number of aromatic nitrogens is 5. The lowest BCUT2D eigenvalue weighted by atomic mass is 9.89. The van der Waals surface area contributed by atoms with Crippen molar-refractivity contribution < 1.29 is 37.8 Å². The number of fused-ring (bicyclic) bond motifs is 3. The van der Waals surface area contributed by atoms with E-state index < -0.39 is 48.1 Å². The predicted octanol–water partition coefficient (Wildman–Crippen LogP) is 3.53. The normalized spacial score (nSPS) is 25.3. The molecule has 2 bridgehead atoms. The Hall–Kier alpha value is -5.51.